The summed E-state index contributed by atoms with van der Waals surface area (Å²) in [5.74, 6) is 1.01. The number of furan rings is 1. The lowest BCUT2D eigenvalue weighted by Crippen LogP contribution is -2.35. The Morgan fingerprint density at radius 3 is 2.64 bits per heavy atom. The smallest absolute Gasteiger partial charge is 0.237 e. The van der Waals surface area contributed by atoms with Crippen LogP contribution in [0.5, 0.6) is 0 Å². The van der Waals surface area contributed by atoms with Gasteiger partial charge in [0.1, 0.15) is 5.76 Å². The number of hydrogen-bond acceptors (Lipinski definition) is 4. The topological polar surface area (TPSA) is 57.5 Å². The van der Waals surface area contributed by atoms with Crippen LogP contribution in [-0.2, 0) is 10.2 Å². The highest BCUT2D eigenvalue weighted by atomic mass is 16.3. The molecule has 0 aliphatic carbocycles. The van der Waals surface area contributed by atoms with E-state index in [9.17, 15) is 4.79 Å². The third-order valence-corrected chi connectivity index (χ3v) is 4.62. The quantitative estimate of drug-likeness (QED) is 0.891. The van der Waals surface area contributed by atoms with Gasteiger partial charge in [0.25, 0.3) is 0 Å². The minimum atomic E-state index is -0.481. The molecular formula is C17H19N3O2. The molecule has 1 unspecified atom stereocenters. The molecule has 1 aromatic carbocycles. The summed E-state index contributed by atoms with van der Waals surface area (Å²) in [7, 11) is 0. The summed E-state index contributed by atoms with van der Waals surface area (Å²) < 4.78 is 5.46. The Kier molecular flexibility index (Phi) is 2.58. The molecule has 0 saturated carbocycles. The van der Waals surface area contributed by atoms with Gasteiger partial charge in [0, 0.05) is 6.54 Å². The molecule has 2 aliphatic rings. The molecule has 5 nitrogen and oxygen atoms in total. The summed E-state index contributed by atoms with van der Waals surface area (Å²) in [6, 6.07) is 7.98. The normalized spacial score (nSPS) is 21.3. The Labute approximate surface area is 129 Å². The lowest BCUT2D eigenvalue weighted by Gasteiger charge is -2.18. The maximum Gasteiger partial charge on any atom is 0.237 e. The van der Waals surface area contributed by atoms with Gasteiger partial charge >= 0.3 is 0 Å². The lowest BCUT2D eigenvalue weighted by molar-refractivity contribution is -0.122. The van der Waals surface area contributed by atoms with Gasteiger partial charge in [0.15, 0.2) is 6.17 Å². The highest BCUT2D eigenvalue weighted by molar-refractivity contribution is 6.09. The molecule has 2 aliphatic heterocycles. The number of carbonyl (C=O) groups is 1. The minimum absolute atomic E-state index is 0.0681. The first kappa shape index (κ1) is 13.2. The predicted molar refractivity (Wildman–Crippen MR) is 86.2 cm³/mol. The zero-order valence-electron chi connectivity index (χ0n) is 12.9. The number of nitrogens with one attached hydrogen (secondary N) is 2. The van der Waals surface area contributed by atoms with Gasteiger partial charge < -0.3 is 20.0 Å². The summed E-state index contributed by atoms with van der Waals surface area (Å²) in [6.07, 6.45) is 1.60. The Morgan fingerprint density at radius 2 is 2.00 bits per heavy atom. The molecule has 0 radical (unpaired) electrons. The van der Waals surface area contributed by atoms with Crippen molar-refractivity contribution in [1.29, 1.82) is 0 Å². The van der Waals surface area contributed by atoms with Crippen molar-refractivity contribution in [3.63, 3.8) is 0 Å². The monoisotopic (exact) mass is 297 g/mol. The van der Waals surface area contributed by atoms with Gasteiger partial charge in [-0.05, 0) is 50.6 Å². The number of amides is 1. The third-order valence-electron chi connectivity index (χ3n) is 4.62. The highest BCUT2D eigenvalue weighted by Gasteiger charge is 2.44. The standard InChI is InChI=1S/C17H19N3O2/c1-4-20-13-9-12-11(8-10(13)17(2,3)16(20)21)18-15(19-12)14-6-5-7-22-14/h5-9,15,18-19H,4H2,1-3H3. The minimum Gasteiger partial charge on any atom is -0.465 e. The molecule has 0 saturated heterocycles. The fourth-order valence-electron chi connectivity index (χ4n) is 3.37. The number of benzene rings is 1. The first-order valence-electron chi connectivity index (χ1n) is 7.59. The second kappa shape index (κ2) is 4.29. The van der Waals surface area contributed by atoms with E-state index in [-0.39, 0.29) is 12.1 Å². The Balaban J connectivity index is 1.77. The van der Waals surface area contributed by atoms with E-state index in [2.05, 4.69) is 22.8 Å². The fraction of sp³-hybridized carbons (Fsp3) is 0.353. The molecule has 2 N–H and O–H groups in total. The average molecular weight is 297 g/mol. The molecule has 0 fully saturated rings. The number of rotatable bonds is 2. The van der Waals surface area contributed by atoms with Crippen molar-refractivity contribution in [2.45, 2.75) is 32.4 Å². The van der Waals surface area contributed by atoms with E-state index in [0.717, 1.165) is 28.4 Å². The first-order chi connectivity index (χ1) is 10.5. The Hall–Kier alpha value is -2.43. The van der Waals surface area contributed by atoms with E-state index in [1.165, 1.54) is 0 Å². The zero-order chi connectivity index (χ0) is 15.5. The zero-order valence-corrected chi connectivity index (χ0v) is 12.9. The van der Waals surface area contributed by atoms with Crippen LogP contribution in [0.3, 0.4) is 0 Å². The summed E-state index contributed by atoms with van der Waals surface area (Å²) in [6.45, 7) is 6.67. The molecule has 1 amide bonds. The average Bonchev–Trinajstić information content (AvgIpc) is 3.18. The number of anilines is 3. The van der Waals surface area contributed by atoms with Crippen molar-refractivity contribution >= 4 is 23.0 Å². The molecule has 114 valence electrons. The number of hydrogen-bond donors (Lipinski definition) is 2. The maximum atomic E-state index is 12.6. The predicted octanol–water partition coefficient (Wildman–Crippen LogP) is 3.46. The van der Waals surface area contributed by atoms with Crippen LogP contribution in [0.2, 0.25) is 0 Å². The molecule has 4 rings (SSSR count). The van der Waals surface area contributed by atoms with Gasteiger partial charge in [0.05, 0.1) is 28.7 Å². The van der Waals surface area contributed by atoms with Crippen molar-refractivity contribution in [2.75, 3.05) is 22.1 Å². The van der Waals surface area contributed by atoms with Crippen LogP contribution >= 0.6 is 0 Å². The lowest BCUT2D eigenvalue weighted by atomic mass is 9.86. The van der Waals surface area contributed by atoms with Gasteiger partial charge in [-0.15, -0.1) is 0 Å². The van der Waals surface area contributed by atoms with Gasteiger partial charge in [-0.25, -0.2) is 0 Å². The van der Waals surface area contributed by atoms with Gasteiger partial charge in [-0.2, -0.15) is 0 Å². The van der Waals surface area contributed by atoms with Gasteiger partial charge in [-0.1, -0.05) is 0 Å². The van der Waals surface area contributed by atoms with Crippen LogP contribution < -0.4 is 15.5 Å². The van der Waals surface area contributed by atoms with E-state index in [0.29, 0.717) is 6.54 Å². The number of likely N-dealkylation sites (N-methyl/N-ethyl adjacent to an activating group) is 1. The summed E-state index contributed by atoms with van der Waals surface area (Å²) >= 11 is 0. The van der Waals surface area contributed by atoms with Crippen LogP contribution in [0.1, 0.15) is 38.3 Å². The van der Waals surface area contributed by atoms with Crippen molar-refractivity contribution in [3.8, 4) is 0 Å². The third kappa shape index (κ3) is 1.62. The van der Waals surface area contributed by atoms with Crippen molar-refractivity contribution in [1.82, 2.24) is 0 Å². The van der Waals surface area contributed by atoms with Crippen LogP contribution in [0.25, 0.3) is 0 Å². The number of nitrogens with zero attached hydrogens (tertiary/aromatic N) is 1. The molecule has 0 bridgehead atoms. The number of carbonyl (C=O) groups excluding carboxylic acids is 1. The largest absolute Gasteiger partial charge is 0.465 e. The van der Waals surface area contributed by atoms with E-state index in [1.54, 1.807) is 6.26 Å². The van der Waals surface area contributed by atoms with Crippen LogP contribution in [0, 0.1) is 0 Å². The maximum absolute atomic E-state index is 12.6. The van der Waals surface area contributed by atoms with Gasteiger partial charge in [0.2, 0.25) is 5.91 Å². The van der Waals surface area contributed by atoms with E-state index in [4.69, 9.17) is 4.42 Å². The second-order valence-electron chi connectivity index (χ2n) is 6.33. The summed E-state index contributed by atoms with van der Waals surface area (Å²) in [5, 5.41) is 6.83. The van der Waals surface area contributed by atoms with E-state index < -0.39 is 5.41 Å². The van der Waals surface area contributed by atoms with E-state index in [1.807, 2.05) is 37.8 Å². The van der Waals surface area contributed by atoms with Crippen molar-refractivity contribution in [2.24, 2.45) is 0 Å². The molecule has 1 aromatic heterocycles. The Bertz CT molecular complexity index is 750. The Morgan fingerprint density at radius 1 is 1.27 bits per heavy atom. The fourth-order valence-corrected chi connectivity index (χ4v) is 3.37. The summed E-state index contributed by atoms with van der Waals surface area (Å²) in [5.41, 5.74) is 3.62. The second-order valence-corrected chi connectivity index (χ2v) is 6.33. The molecule has 3 heterocycles. The van der Waals surface area contributed by atoms with Crippen LogP contribution in [-0.4, -0.2) is 12.5 Å². The van der Waals surface area contributed by atoms with Crippen molar-refractivity contribution in [3.05, 3.63) is 41.9 Å². The van der Waals surface area contributed by atoms with Gasteiger partial charge in [-0.3, -0.25) is 4.79 Å². The van der Waals surface area contributed by atoms with Crippen LogP contribution in [0.15, 0.2) is 34.9 Å². The molecule has 2 aromatic rings. The SMILES string of the molecule is CCN1C(=O)C(C)(C)c2cc3c(cc21)NC(c1ccco1)N3. The molecule has 0 spiro atoms. The molecular weight excluding hydrogens is 278 g/mol. The first-order valence-corrected chi connectivity index (χ1v) is 7.59. The molecule has 5 heteroatoms. The number of fused-ring (bicyclic) bond motifs is 2. The van der Waals surface area contributed by atoms with E-state index >= 15 is 0 Å². The summed E-state index contributed by atoms with van der Waals surface area (Å²) in [4.78, 5) is 14.4. The van der Waals surface area contributed by atoms with Crippen molar-refractivity contribution < 1.29 is 9.21 Å². The highest BCUT2D eigenvalue weighted by Crippen LogP contribution is 2.48. The molecule has 22 heavy (non-hydrogen) atoms. The molecule has 1 atom stereocenters. The van der Waals surface area contributed by atoms with Crippen LogP contribution in [0.4, 0.5) is 17.1 Å².